The first kappa shape index (κ1) is 13.8. The molecule has 2 heterocycles. The third kappa shape index (κ3) is 3.94. The number of aromatic nitrogens is 3. The second-order valence-corrected chi connectivity index (χ2v) is 5.06. The number of rotatable bonds is 5. The van der Waals surface area contributed by atoms with Crippen molar-refractivity contribution >= 4 is 11.6 Å². The SMILES string of the molecule is Cc1cc(Oc2ncc(CNC(C)C)cc2Cl)n[nH]1. The molecule has 0 unspecified atom stereocenters. The zero-order valence-electron chi connectivity index (χ0n) is 11.2. The van der Waals surface area contributed by atoms with Crippen LogP contribution in [0.1, 0.15) is 25.1 Å². The van der Waals surface area contributed by atoms with Crippen molar-refractivity contribution in [3.63, 3.8) is 0 Å². The maximum absolute atomic E-state index is 6.15. The van der Waals surface area contributed by atoms with E-state index in [1.807, 2.05) is 13.0 Å². The highest BCUT2D eigenvalue weighted by Crippen LogP contribution is 2.26. The maximum atomic E-state index is 6.15. The predicted molar refractivity (Wildman–Crippen MR) is 74.6 cm³/mol. The molecule has 0 amide bonds. The van der Waals surface area contributed by atoms with E-state index in [0.29, 0.717) is 22.8 Å². The Bertz CT molecular complexity index is 553. The van der Waals surface area contributed by atoms with Crippen LogP contribution < -0.4 is 10.1 Å². The molecule has 102 valence electrons. The molecule has 0 spiro atoms. The van der Waals surface area contributed by atoms with Gasteiger partial charge in [-0.25, -0.2) is 4.98 Å². The molecule has 0 aliphatic carbocycles. The van der Waals surface area contributed by atoms with Crippen molar-refractivity contribution < 1.29 is 4.74 Å². The Labute approximate surface area is 117 Å². The molecule has 2 rings (SSSR count). The van der Waals surface area contributed by atoms with Gasteiger partial charge in [0.15, 0.2) is 0 Å². The summed E-state index contributed by atoms with van der Waals surface area (Å²) in [4.78, 5) is 4.21. The number of hydrogen-bond donors (Lipinski definition) is 2. The van der Waals surface area contributed by atoms with Crippen LogP contribution in [0.15, 0.2) is 18.3 Å². The number of halogens is 1. The van der Waals surface area contributed by atoms with Crippen LogP contribution in [0.5, 0.6) is 11.8 Å². The topological polar surface area (TPSA) is 62.8 Å². The molecule has 0 bridgehead atoms. The Morgan fingerprint density at radius 1 is 1.42 bits per heavy atom. The normalized spacial score (nSPS) is 11.0. The summed E-state index contributed by atoms with van der Waals surface area (Å²) in [5.41, 5.74) is 1.94. The molecule has 2 aromatic heterocycles. The molecule has 19 heavy (non-hydrogen) atoms. The van der Waals surface area contributed by atoms with Gasteiger partial charge in [-0.15, -0.1) is 5.10 Å². The number of pyridine rings is 1. The van der Waals surface area contributed by atoms with E-state index in [-0.39, 0.29) is 0 Å². The number of H-pyrrole nitrogens is 1. The minimum atomic E-state index is 0.362. The van der Waals surface area contributed by atoms with E-state index < -0.39 is 0 Å². The number of hydrogen-bond acceptors (Lipinski definition) is 4. The molecule has 0 aromatic carbocycles. The fraction of sp³-hybridized carbons (Fsp3) is 0.385. The standard InChI is InChI=1S/C13H17ClN4O/c1-8(2)15-6-10-5-11(14)13(16-7-10)19-12-4-9(3)17-18-12/h4-5,7-8,15H,6H2,1-3H3,(H,17,18). The van der Waals surface area contributed by atoms with E-state index in [2.05, 4.69) is 34.3 Å². The van der Waals surface area contributed by atoms with Gasteiger partial charge in [-0.1, -0.05) is 25.4 Å². The number of aromatic amines is 1. The molecule has 0 atom stereocenters. The molecule has 2 N–H and O–H groups in total. The lowest BCUT2D eigenvalue weighted by atomic mass is 10.2. The summed E-state index contributed by atoms with van der Waals surface area (Å²) in [5.74, 6) is 0.821. The van der Waals surface area contributed by atoms with E-state index in [0.717, 1.165) is 17.8 Å². The van der Waals surface area contributed by atoms with Crippen LogP contribution >= 0.6 is 11.6 Å². The van der Waals surface area contributed by atoms with Gasteiger partial charge in [-0.2, -0.15) is 0 Å². The molecular weight excluding hydrogens is 264 g/mol. The van der Waals surface area contributed by atoms with Gasteiger partial charge in [0.05, 0.1) is 0 Å². The molecule has 2 aromatic rings. The Morgan fingerprint density at radius 3 is 2.79 bits per heavy atom. The van der Waals surface area contributed by atoms with Crippen LogP contribution in [-0.4, -0.2) is 21.2 Å². The van der Waals surface area contributed by atoms with Gasteiger partial charge in [0, 0.05) is 30.5 Å². The van der Waals surface area contributed by atoms with Crippen LogP contribution in [0.3, 0.4) is 0 Å². The first-order valence-corrected chi connectivity index (χ1v) is 6.50. The van der Waals surface area contributed by atoms with Crippen molar-refractivity contribution in [2.24, 2.45) is 0 Å². The molecule has 5 nitrogen and oxygen atoms in total. The molecule has 0 radical (unpaired) electrons. The fourth-order valence-electron chi connectivity index (χ4n) is 1.50. The number of aryl methyl sites for hydroxylation is 1. The van der Waals surface area contributed by atoms with Crippen LogP contribution in [0.25, 0.3) is 0 Å². The van der Waals surface area contributed by atoms with Gasteiger partial charge in [0.25, 0.3) is 0 Å². The van der Waals surface area contributed by atoms with Gasteiger partial charge in [0.2, 0.25) is 11.8 Å². The zero-order valence-corrected chi connectivity index (χ0v) is 12.0. The first-order chi connectivity index (χ1) is 9.04. The molecule has 0 fully saturated rings. The van der Waals surface area contributed by atoms with Crippen molar-refractivity contribution in [3.05, 3.63) is 34.6 Å². The lowest BCUT2D eigenvalue weighted by Crippen LogP contribution is -2.21. The van der Waals surface area contributed by atoms with Gasteiger partial charge in [-0.3, -0.25) is 5.10 Å². The van der Waals surface area contributed by atoms with E-state index >= 15 is 0 Å². The zero-order chi connectivity index (χ0) is 13.8. The second kappa shape index (κ2) is 6.04. The van der Waals surface area contributed by atoms with Crippen LogP contribution in [-0.2, 0) is 6.54 Å². The molecule has 6 heteroatoms. The summed E-state index contributed by atoms with van der Waals surface area (Å²) in [5, 5.41) is 10.6. The Kier molecular flexibility index (Phi) is 4.39. The second-order valence-electron chi connectivity index (χ2n) is 4.66. The Morgan fingerprint density at radius 2 is 2.21 bits per heavy atom. The largest absolute Gasteiger partial charge is 0.417 e. The highest BCUT2D eigenvalue weighted by molar-refractivity contribution is 6.31. The quantitative estimate of drug-likeness (QED) is 0.884. The van der Waals surface area contributed by atoms with Gasteiger partial charge in [0.1, 0.15) is 5.02 Å². The lowest BCUT2D eigenvalue weighted by Gasteiger charge is -2.09. The minimum absolute atomic E-state index is 0.362. The van der Waals surface area contributed by atoms with E-state index in [9.17, 15) is 0 Å². The van der Waals surface area contributed by atoms with Crippen molar-refractivity contribution in [1.29, 1.82) is 0 Å². The predicted octanol–water partition coefficient (Wildman–Crippen LogP) is 3.06. The molecular formula is C13H17ClN4O. The van der Waals surface area contributed by atoms with E-state index in [1.54, 1.807) is 12.3 Å². The molecule has 0 aliphatic heterocycles. The van der Waals surface area contributed by atoms with E-state index in [1.165, 1.54) is 0 Å². The summed E-state index contributed by atoms with van der Waals surface area (Å²) in [6.45, 7) is 6.81. The van der Waals surface area contributed by atoms with Crippen LogP contribution in [0.4, 0.5) is 0 Å². The number of nitrogens with one attached hydrogen (secondary N) is 2. The van der Waals surface area contributed by atoms with Crippen LogP contribution in [0, 0.1) is 6.92 Å². The van der Waals surface area contributed by atoms with Crippen molar-refractivity contribution in [2.45, 2.75) is 33.4 Å². The van der Waals surface area contributed by atoms with Crippen molar-refractivity contribution in [3.8, 4) is 11.8 Å². The lowest BCUT2D eigenvalue weighted by molar-refractivity contribution is 0.443. The Hall–Kier alpha value is -1.59. The van der Waals surface area contributed by atoms with E-state index in [4.69, 9.17) is 16.3 Å². The average Bonchev–Trinajstić information content (AvgIpc) is 2.75. The highest BCUT2D eigenvalue weighted by Gasteiger charge is 2.08. The highest BCUT2D eigenvalue weighted by atomic mass is 35.5. The maximum Gasteiger partial charge on any atom is 0.240 e. The smallest absolute Gasteiger partial charge is 0.240 e. The minimum Gasteiger partial charge on any atom is -0.417 e. The number of nitrogens with zero attached hydrogens (tertiary/aromatic N) is 2. The third-order valence-corrected chi connectivity index (χ3v) is 2.73. The molecule has 0 saturated heterocycles. The molecule has 0 saturated carbocycles. The summed E-state index contributed by atoms with van der Waals surface area (Å²) >= 11 is 6.15. The van der Waals surface area contributed by atoms with Crippen LogP contribution in [0.2, 0.25) is 5.02 Å². The monoisotopic (exact) mass is 280 g/mol. The summed E-state index contributed by atoms with van der Waals surface area (Å²) in [6.07, 6.45) is 1.75. The van der Waals surface area contributed by atoms with Gasteiger partial charge in [-0.05, 0) is 18.6 Å². The van der Waals surface area contributed by atoms with Gasteiger partial charge >= 0.3 is 0 Å². The number of ether oxygens (including phenoxy) is 1. The Balaban J connectivity index is 2.06. The average molecular weight is 281 g/mol. The summed E-state index contributed by atoms with van der Waals surface area (Å²) in [7, 11) is 0. The molecule has 0 aliphatic rings. The first-order valence-electron chi connectivity index (χ1n) is 6.12. The fourth-order valence-corrected chi connectivity index (χ4v) is 1.73. The van der Waals surface area contributed by atoms with Crippen molar-refractivity contribution in [2.75, 3.05) is 0 Å². The summed E-state index contributed by atoms with van der Waals surface area (Å²) < 4.78 is 5.50. The third-order valence-electron chi connectivity index (χ3n) is 2.46. The van der Waals surface area contributed by atoms with Gasteiger partial charge < -0.3 is 10.1 Å². The van der Waals surface area contributed by atoms with Crippen molar-refractivity contribution in [1.82, 2.24) is 20.5 Å². The summed E-state index contributed by atoms with van der Waals surface area (Å²) in [6, 6.07) is 4.05.